The standard InChI is InChI=1S/C96H76O4Si4/c1-16-46-77(47-17-1)92-76-93(78-48-18-2-19-49-78,95(81-54-24-5-25-55-81,82-56-26-6-27-57-82)96(83-58-28-7-29-59-83,84-60-30-8-31-61-84)94(92,79-50-20-3-21-51-79)80-52-22-4-23-53-80)104(91-74-44-15-45-75-91)99-102(87-66-36-11-37-67-87,88-68-38-12-39-69-88)97-101(85-62-32-9-33-63-85,86-64-34-10-35-65-86)98-103(100-104,89-70-40-13-41-71-89)90-72-42-14-43-73-90/h1-76H. The Hall–Kier alpha value is -11.3. The van der Waals surface area contributed by atoms with Crippen LogP contribution in [-0.4, -0.2) is 34.2 Å². The molecule has 1 unspecified atom stereocenters. The highest BCUT2D eigenvalue weighted by Crippen LogP contribution is 2.77. The van der Waals surface area contributed by atoms with Crippen molar-refractivity contribution in [1.82, 2.24) is 0 Å². The number of hydrogen-bond acceptors (Lipinski definition) is 4. The zero-order valence-electron chi connectivity index (χ0n) is 57.5. The molecule has 4 nitrogen and oxygen atoms in total. The summed E-state index contributed by atoms with van der Waals surface area (Å²) in [6.07, 6.45) is 2.74. The maximum absolute atomic E-state index is 10.2. The van der Waals surface area contributed by atoms with Gasteiger partial charge in [0.05, 0.1) is 21.3 Å². The number of hydrogen-bond donors (Lipinski definition) is 0. The minimum absolute atomic E-state index is 0.874. The minimum atomic E-state index is -5.37. The van der Waals surface area contributed by atoms with Crippen LogP contribution in [0.15, 0.2) is 461 Å². The largest absolute Gasteiger partial charge is 0.404 e. The van der Waals surface area contributed by atoms with Crippen LogP contribution >= 0.6 is 0 Å². The quantitative estimate of drug-likeness (QED) is 0.0904. The van der Waals surface area contributed by atoms with E-state index in [9.17, 15) is 16.5 Å². The van der Waals surface area contributed by atoms with Crippen LogP contribution in [0.25, 0.3) is 5.57 Å². The molecule has 0 saturated carbocycles. The van der Waals surface area contributed by atoms with Crippen LogP contribution < -0.4 is 36.3 Å². The monoisotopic (exact) mass is 1400 g/mol. The lowest BCUT2D eigenvalue weighted by Crippen LogP contribution is -2.91. The van der Waals surface area contributed by atoms with E-state index in [4.69, 9.17) is 0 Å². The molecular weight excluding hydrogens is 1330 g/mol. The van der Waals surface area contributed by atoms with E-state index in [-0.39, 0.29) is 0 Å². The Labute approximate surface area is 615 Å². The number of rotatable bonds is 16. The van der Waals surface area contributed by atoms with Crippen molar-refractivity contribution in [2.24, 2.45) is 0 Å². The third kappa shape index (κ3) is 10.2. The molecule has 17 rings (SSSR count). The predicted molar refractivity (Wildman–Crippen MR) is 433 cm³/mol. The SMILES string of the molecule is C1=C(c2ccccc2)C(c2ccccc2)(c2ccccc2)C(c2ccccc2)(c2ccccc2)C(c2ccccc2)(c2ccccc2)C1(c1ccccc1)[Si]1(c2ccccc2)O[Si](c2ccccc2)(c2ccccc2)O[Si](c2ccccc2)(c2ccccc2)O[Si](c2ccccc2)(c2ccccc2)O1. The van der Waals surface area contributed by atoms with Gasteiger partial charge >= 0.3 is 34.2 Å². The van der Waals surface area contributed by atoms with E-state index in [0.717, 1.165) is 86.4 Å². The maximum atomic E-state index is 10.2. The highest BCUT2D eigenvalue weighted by molar-refractivity contribution is 7.15. The van der Waals surface area contributed by atoms with Gasteiger partial charge in [-0.15, -0.1) is 0 Å². The van der Waals surface area contributed by atoms with Crippen LogP contribution in [0.5, 0.6) is 0 Å². The van der Waals surface area contributed by atoms with E-state index in [1.54, 1.807) is 0 Å². The van der Waals surface area contributed by atoms with Crippen LogP contribution in [0.3, 0.4) is 0 Å². The first kappa shape index (κ1) is 66.0. The van der Waals surface area contributed by atoms with Crippen molar-refractivity contribution in [1.29, 1.82) is 0 Å². The van der Waals surface area contributed by atoms with Gasteiger partial charge in [0.25, 0.3) is 0 Å². The third-order valence-electron chi connectivity index (χ3n) is 21.8. The Morgan fingerprint density at radius 1 is 0.173 bits per heavy atom. The van der Waals surface area contributed by atoms with Crippen molar-refractivity contribution in [3.05, 3.63) is 506 Å². The van der Waals surface area contributed by atoms with E-state index in [2.05, 4.69) is 461 Å². The Morgan fingerprint density at radius 3 is 0.644 bits per heavy atom. The maximum Gasteiger partial charge on any atom is 0.390 e. The summed E-state index contributed by atoms with van der Waals surface area (Å²) in [5.41, 5.74) is 5.21. The van der Waals surface area contributed by atoms with Gasteiger partial charge in [-0.25, -0.2) is 0 Å². The molecule has 8 heteroatoms. The molecular formula is C96H76O4Si4. The fourth-order valence-electron chi connectivity index (χ4n) is 18.0. The van der Waals surface area contributed by atoms with Crippen LogP contribution in [-0.2, 0) is 37.7 Å². The summed E-state index contributed by atoms with van der Waals surface area (Å²) in [6, 6.07) is 168. The second-order valence-electron chi connectivity index (χ2n) is 27.0. The zero-order chi connectivity index (χ0) is 69.8. The lowest BCUT2D eigenvalue weighted by atomic mass is 9.32. The van der Waals surface area contributed by atoms with Gasteiger partial charge in [-0.2, -0.15) is 0 Å². The first-order valence-electron chi connectivity index (χ1n) is 35.9. The van der Waals surface area contributed by atoms with Crippen molar-refractivity contribution < 1.29 is 16.5 Å². The summed E-state index contributed by atoms with van der Waals surface area (Å²) in [6.45, 7) is 0. The molecule has 1 heterocycles. The Morgan fingerprint density at radius 2 is 0.375 bits per heavy atom. The van der Waals surface area contributed by atoms with Gasteiger partial charge in [-0.3, -0.25) is 0 Å². The van der Waals surface area contributed by atoms with Crippen LogP contribution in [0.1, 0.15) is 44.5 Å². The van der Waals surface area contributed by atoms with Crippen molar-refractivity contribution in [3.8, 4) is 0 Å². The lowest BCUT2D eigenvalue weighted by molar-refractivity contribution is 0.143. The van der Waals surface area contributed by atoms with Gasteiger partial charge in [-0.05, 0) is 86.4 Å². The average Bonchev–Trinajstić information content (AvgIpc) is 0.621. The summed E-state index contributed by atoms with van der Waals surface area (Å²) in [5, 5.41) is 4.60. The Bertz CT molecular complexity index is 5010. The molecule has 1 aliphatic heterocycles. The van der Waals surface area contributed by atoms with Gasteiger partial charge in [0, 0.05) is 0 Å². The summed E-state index contributed by atoms with van der Waals surface area (Å²) >= 11 is 0. The average molecular weight is 1410 g/mol. The van der Waals surface area contributed by atoms with Gasteiger partial charge in [-0.1, -0.05) is 461 Å². The van der Waals surface area contributed by atoms with Gasteiger partial charge in [0.15, 0.2) is 0 Å². The lowest BCUT2D eigenvalue weighted by Gasteiger charge is -2.73. The summed E-state index contributed by atoms with van der Waals surface area (Å²) in [7, 11) is -19.3. The Balaban J connectivity index is 1.25. The number of allylic oxidation sites excluding steroid dienone is 2. The fourth-order valence-corrected chi connectivity index (χ4v) is 42.3. The highest BCUT2D eigenvalue weighted by Gasteiger charge is 2.85. The molecule has 1 atom stereocenters. The van der Waals surface area contributed by atoms with Crippen LogP contribution in [0.2, 0.25) is 0 Å². The minimum Gasteiger partial charge on any atom is -0.404 e. The first-order chi connectivity index (χ1) is 51.5. The molecule has 1 aliphatic carbocycles. The summed E-state index contributed by atoms with van der Waals surface area (Å²) in [5.74, 6) is 0. The molecule has 0 spiro atoms. The molecule has 2 aliphatic rings. The third-order valence-corrected chi connectivity index (χ3v) is 40.5. The van der Waals surface area contributed by atoms with E-state index in [1.165, 1.54) is 0 Å². The van der Waals surface area contributed by atoms with E-state index in [1.807, 2.05) is 0 Å². The van der Waals surface area contributed by atoms with Crippen molar-refractivity contribution >= 4 is 76.1 Å². The second-order valence-corrected chi connectivity index (χ2v) is 40.0. The van der Waals surface area contributed by atoms with Crippen LogP contribution in [0.4, 0.5) is 0 Å². The second kappa shape index (κ2) is 27.8. The Kier molecular flexibility index (Phi) is 17.7. The van der Waals surface area contributed by atoms with Gasteiger partial charge < -0.3 is 16.5 Å². The topological polar surface area (TPSA) is 36.9 Å². The molecule has 15 aromatic rings. The normalized spacial score (nSPS) is 18.1. The summed E-state index contributed by atoms with van der Waals surface area (Å²) in [4.78, 5) is 0. The molecule has 1 fully saturated rings. The molecule has 15 aromatic carbocycles. The predicted octanol–water partition coefficient (Wildman–Crippen LogP) is 16.7. The molecule has 0 amide bonds. The molecule has 500 valence electrons. The number of benzene rings is 15. The zero-order valence-corrected chi connectivity index (χ0v) is 61.5. The van der Waals surface area contributed by atoms with Crippen LogP contribution in [0, 0.1) is 0 Å². The van der Waals surface area contributed by atoms with Crippen molar-refractivity contribution in [2.45, 2.75) is 21.3 Å². The summed E-state index contributed by atoms with van der Waals surface area (Å²) < 4.78 is 39.4. The smallest absolute Gasteiger partial charge is 0.390 e. The van der Waals surface area contributed by atoms with E-state index >= 15 is 0 Å². The van der Waals surface area contributed by atoms with Gasteiger partial charge in [0.2, 0.25) is 0 Å². The molecule has 0 bridgehead atoms. The molecule has 0 N–H and O–H groups in total. The first-order valence-corrected chi connectivity index (χ1v) is 43.1. The molecule has 0 aromatic heterocycles. The van der Waals surface area contributed by atoms with Crippen molar-refractivity contribution in [3.63, 3.8) is 0 Å². The van der Waals surface area contributed by atoms with E-state index in [0.29, 0.717) is 0 Å². The van der Waals surface area contributed by atoms with E-state index < -0.39 is 55.5 Å². The molecule has 104 heavy (non-hydrogen) atoms. The molecule has 1 saturated heterocycles. The fraction of sp³-hybridized carbons (Fsp3) is 0.0417. The molecule has 0 radical (unpaired) electrons. The van der Waals surface area contributed by atoms with Crippen molar-refractivity contribution in [2.75, 3.05) is 0 Å². The highest BCUT2D eigenvalue weighted by atomic mass is 28.5. The van der Waals surface area contributed by atoms with Gasteiger partial charge in [0.1, 0.15) is 0 Å².